The molecule has 0 spiro atoms. The molecule has 8 N–H and O–H groups in total. The van der Waals surface area contributed by atoms with Crippen LogP contribution in [0.3, 0.4) is 0 Å². The molecule has 326 valence electrons. The maximum atomic E-state index is 13.0. The number of hydrogen-bond acceptors (Lipinski definition) is 11. The number of aliphatic hydroxyl groups excluding tert-OH is 3. The van der Waals surface area contributed by atoms with Gasteiger partial charge < -0.3 is 36.0 Å². The van der Waals surface area contributed by atoms with E-state index in [0.717, 1.165) is 49.4 Å². The third-order valence-corrected chi connectivity index (χ3v) is 11.9. The van der Waals surface area contributed by atoms with Crippen LogP contribution >= 0.6 is 23.4 Å². The molecule has 0 radical (unpaired) electrons. The van der Waals surface area contributed by atoms with Crippen LogP contribution in [-0.2, 0) is 23.9 Å². The Labute approximate surface area is 352 Å². The smallest absolute Gasteiger partial charge is 0.246 e. The number of halogens is 1. The Morgan fingerprint density at radius 3 is 2.24 bits per heavy atom. The van der Waals surface area contributed by atoms with Crippen LogP contribution < -0.4 is 21.4 Å². The van der Waals surface area contributed by atoms with Gasteiger partial charge in [0.2, 0.25) is 23.6 Å². The number of alkyl halides is 1. The summed E-state index contributed by atoms with van der Waals surface area (Å²) in [5, 5.41) is 49.7. The van der Waals surface area contributed by atoms with Gasteiger partial charge >= 0.3 is 0 Å². The number of hydroxylamine groups is 1. The monoisotopic (exact) mass is 851 g/mol. The highest BCUT2D eigenvalue weighted by Gasteiger charge is 2.48. The number of amides is 4. The molecule has 2 aliphatic rings. The van der Waals surface area contributed by atoms with E-state index >= 15 is 0 Å². The van der Waals surface area contributed by atoms with Crippen molar-refractivity contribution >= 4 is 63.5 Å². The minimum atomic E-state index is -1.36. The summed E-state index contributed by atoms with van der Waals surface area (Å²) in [5.74, 6) is -1.33. The molecule has 4 amide bonds. The van der Waals surface area contributed by atoms with Gasteiger partial charge in [-0.1, -0.05) is 77.3 Å². The van der Waals surface area contributed by atoms with Crippen molar-refractivity contribution in [1.29, 1.82) is 0 Å². The zero-order valence-electron chi connectivity index (χ0n) is 34.9. The van der Waals surface area contributed by atoms with E-state index < -0.39 is 59.1 Å². The fourth-order valence-corrected chi connectivity index (χ4v) is 8.53. The van der Waals surface area contributed by atoms with Gasteiger partial charge in [0.05, 0.1) is 17.5 Å². The maximum absolute atomic E-state index is 13.0. The number of fused-ring (bicyclic) bond motifs is 1. The van der Waals surface area contributed by atoms with E-state index in [9.17, 15) is 34.5 Å². The Balaban J connectivity index is 0.000000313. The molecule has 0 bridgehead atoms. The summed E-state index contributed by atoms with van der Waals surface area (Å²) in [4.78, 5) is 52.4. The molecule has 2 aromatic carbocycles. The van der Waals surface area contributed by atoms with Gasteiger partial charge in [-0.3, -0.25) is 29.3 Å². The number of likely N-dealkylation sites (N-methyl/N-ethyl adjacent to an activating group) is 1. The van der Waals surface area contributed by atoms with Crippen LogP contribution in [0.1, 0.15) is 86.0 Å². The number of nitrogens with zero attached hydrogens (tertiary/aromatic N) is 1. The van der Waals surface area contributed by atoms with E-state index in [2.05, 4.69) is 22.9 Å². The molecule has 4 rings (SSSR count). The Kier molecular flexibility index (Phi) is 20.7. The van der Waals surface area contributed by atoms with Crippen molar-refractivity contribution < 1.29 is 44.4 Å². The van der Waals surface area contributed by atoms with E-state index in [-0.39, 0.29) is 36.1 Å². The van der Waals surface area contributed by atoms with Gasteiger partial charge in [0.15, 0.2) is 0 Å². The molecule has 0 unspecified atom stereocenters. The molecule has 11 atom stereocenters. The zero-order valence-corrected chi connectivity index (χ0v) is 36.5. The quantitative estimate of drug-likeness (QED) is 0.0599. The second-order valence-electron chi connectivity index (χ2n) is 16.1. The molecule has 14 nitrogen and oxygen atoms in total. The molecule has 58 heavy (non-hydrogen) atoms. The largest absolute Gasteiger partial charge is 0.388 e. The molecule has 2 fully saturated rings. The van der Waals surface area contributed by atoms with Crippen molar-refractivity contribution in [2.75, 3.05) is 25.2 Å². The number of benzene rings is 2. The van der Waals surface area contributed by atoms with E-state index in [4.69, 9.17) is 21.5 Å². The molecular formula is C42H66ClN5O9S. The molecule has 0 saturated carbocycles. The Bertz CT molecular complexity index is 1620. The van der Waals surface area contributed by atoms with Crippen molar-refractivity contribution in [3.8, 4) is 0 Å². The van der Waals surface area contributed by atoms with E-state index in [0.29, 0.717) is 24.4 Å². The lowest BCUT2D eigenvalue weighted by Gasteiger charge is -2.44. The Hall–Kier alpha value is -3.02. The molecule has 0 aromatic heterocycles. The first kappa shape index (κ1) is 49.3. The lowest BCUT2D eigenvalue weighted by Crippen LogP contribution is -2.65. The molecule has 2 aromatic rings. The summed E-state index contributed by atoms with van der Waals surface area (Å²) in [6, 6.07) is 11.9. The van der Waals surface area contributed by atoms with Crippen LogP contribution in [0.2, 0.25) is 0 Å². The predicted octanol–water partition coefficient (Wildman–Crippen LogP) is 4.40. The fraction of sp³-hybridized carbons (Fsp3) is 0.667. The summed E-state index contributed by atoms with van der Waals surface area (Å²) < 4.78 is 5.79. The number of likely N-dealkylation sites (tertiary alicyclic amines) is 1. The predicted molar refractivity (Wildman–Crippen MR) is 228 cm³/mol. The van der Waals surface area contributed by atoms with Gasteiger partial charge in [0, 0.05) is 24.6 Å². The highest BCUT2D eigenvalue weighted by Crippen LogP contribution is 2.31. The van der Waals surface area contributed by atoms with E-state index in [1.54, 1.807) is 18.7 Å². The molecule has 16 heteroatoms. The van der Waals surface area contributed by atoms with Gasteiger partial charge in [-0.15, -0.1) is 23.4 Å². The third-order valence-electron chi connectivity index (χ3n) is 10.8. The lowest BCUT2D eigenvalue weighted by atomic mass is 9.92. The van der Waals surface area contributed by atoms with Gasteiger partial charge in [0.25, 0.3) is 0 Å². The number of carbonyl (C=O) groups is 4. The van der Waals surface area contributed by atoms with Crippen molar-refractivity contribution in [2.24, 2.45) is 17.8 Å². The lowest BCUT2D eigenvalue weighted by molar-refractivity contribution is -0.205. The van der Waals surface area contributed by atoms with Crippen LogP contribution in [0.4, 0.5) is 5.69 Å². The summed E-state index contributed by atoms with van der Waals surface area (Å²) in [7, 11) is 1.94. The first-order valence-corrected chi connectivity index (χ1v) is 22.2. The topological polar surface area (TPSA) is 210 Å². The number of ether oxygens (including phenoxy) is 1. The summed E-state index contributed by atoms with van der Waals surface area (Å²) in [5.41, 5.74) is 1.54. The fourth-order valence-electron chi connectivity index (χ4n) is 7.65. The maximum Gasteiger partial charge on any atom is 0.246 e. The number of thioether (sulfide) groups is 1. The number of carbonyl (C=O) groups excluding carboxylic acids is 4. The van der Waals surface area contributed by atoms with E-state index in [1.807, 2.05) is 75.2 Å². The second kappa shape index (κ2) is 24.3. The highest BCUT2D eigenvalue weighted by molar-refractivity contribution is 7.99. The van der Waals surface area contributed by atoms with Gasteiger partial charge in [-0.25, -0.2) is 5.48 Å². The van der Waals surface area contributed by atoms with Gasteiger partial charge in [-0.2, -0.15) is 0 Å². The van der Waals surface area contributed by atoms with Crippen LogP contribution in [-0.4, -0.2) is 122 Å². The third kappa shape index (κ3) is 14.3. The standard InChI is InChI=1S/C24H33N3O4.C18H33ClN2O5S/c1-4-5-8-19(15-22(28)27-31)23(29)26-21(13-16(2)3)24(30)25-20-12-11-17-9-6-7-10-18(17)14-20;1-5-6-10-7-11(21(3)8-10)17(25)20-12(9(2)19)16-14(23)13(22)15(24)18(26-16)27-4/h6-7,9-12,14,16,19,21,31H,4-5,8,13,15H2,1-3H3,(H,25,30)(H,26,29)(H,27,28);9-16,18,22-24H,5-8H2,1-4H3,(H,20,25)/t19-,21-;9-,10+,11-,12+,13-,14+,15+,16+,18+/m00/s1. The normalized spacial score (nSPS) is 25.5. The minimum absolute atomic E-state index is 0.122. The van der Waals surface area contributed by atoms with Crippen LogP contribution in [0.5, 0.6) is 0 Å². The summed E-state index contributed by atoms with van der Waals surface area (Å²) >= 11 is 7.55. The van der Waals surface area contributed by atoms with Gasteiger partial charge in [0.1, 0.15) is 35.9 Å². The number of anilines is 1. The second-order valence-corrected chi connectivity index (χ2v) is 17.7. The number of nitrogens with one attached hydrogen (secondary N) is 4. The Morgan fingerprint density at radius 2 is 1.64 bits per heavy atom. The summed E-state index contributed by atoms with van der Waals surface area (Å²) in [6.07, 6.45) is 2.41. The SMILES string of the molecule is CCCC[C@@H](CC(=O)NO)C(=O)N[C@@H](CC(C)C)C(=O)Nc1ccc2ccccc2c1.CCC[C@@H]1C[C@@H](C(=O)N[C@@H]([C@H]2O[C@H](SC)[C@H](O)[C@@H](O)[C@H]2O)[C@H](C)Cl)N(C)C1. The number of hydrogen-bond donors (Lipinski definition) is 8. The molecule has 2 saturated heterocycles. The minimum Gasteiger partial charge on any atom is -0.388 e. The van der Waals surface area contributed by atoms with Crippen LogP contribution in [0, 0.1) is 17.8 Å². The number of aliphatic hydroxyl groups is 3. The van der Waals surface area contributed by atoms with Crippen molar-refractivity contribution in [3.63, 3.8) is 0 Å². The van der Waals surface area contributed by atoms with Crippen LogP contribution in [0.15, 0.2) is 42.5 Å². The highest BCUT2D eigenvalue weighted by atomic mass is 35.5. The first-order valence-electron chi connectivity index (χ1n) is 20.4. The number of unbranched alkanes of at least 4 members (excludes halogenated alkanes) is 1. The average molecular weight is 853 g/mol. The average Bonchev–Trinajstić information content (AvgIpc) is 3.57. The van der Waals surface area contributed by atoms with E-state index in [1.165, 1.54) is 11.8 Å². The summed E-state index contributed by atoms with van der Waals surface area (Å²) in [6.45, 7) is 10.7. The van der Waals surface area contributed by atoms with Crippen molar-refractivity contribution in [1.82, 2.24) is 21.0 Å². The number of rotatable bonds is 18. The zero-order chi connectivity index (χ0) is 43.1. The first-order chi connectivity index (χ1) is 27.5. The van der Waals surface area contributed by atoms with Crippen molar-refractivity contribution in [3.05, 3.63) is 42.5 Å². The van der Waals surface area contributed by atoms with Crippen LogP contribution in [0.25, 0.3) is 10.8 Å². The molecule has 2 heterocycles. The molecule has 2 aliphatic heterocycles. The molecular weight excluding hydrogens is 786 g/mol. The Morgan fingerprint density at radius 1 is 0.948 bits per heavy atom. The van der Waals surface area contributed by atoms with Gasteiger partial charge in [-0.05, 0) is 80.7 Å². The van der Waals surface area contributed by atoms with Crippen molar-refractivity contribution in [2.45, 2.75) is 139 Å². The molecule has 0 aliphatic carbocycles.